The predicted octanol–water partition coefficient (Wildman–Crippen LogP) is 1.82. The maximum atomic E-state index is 5.37. The summed E-state index contributed by atoms with van der Waals surface area (Å²) in [7, 11) is 0. The lowest BCUT2D eigenvalue weighted by Gasteiger charge is -1.91. The lowest BCUT2D eigenvalue weighted by molar-refractivity contribution is 1.14. The Morgan fingerprint density at radius 1 is 1.75 bits per heavy atom. The maximum Gasteiger partial charge on any atom is 0.00514 e. The average Bonchev–Trinajstić information content (AvgIpc) is 1.65. The first-order valence-corrected chi connectivity index (χ1v) is 2.78. The SMILES string of the molecule is C=C(/C=C(\C)N)CC. The molecule has 1 nitrogen and oxygen atoms in total. The van der Waals surface area contributed by atoms with Crippen LogP contribution >= 0.6 is 0 Å². The van der Waals surface area contributed by atoms with Gasteiger partial charge in [0.25, 0.3) is 0 Å². The Morgan fingerprint density at radius 2 is 2.25 bits per heavy atom. The zero-order valence-corrected chi connectivity index (χ0v) is 5.57. The molecule has 0 atom stereocenters. The van der Waals surface area contributed by atoms with Crippen LogP contribution in [0.25, 0.3) is 0 Å². The Morgan fingerprint density at radius 3 is 2.38 bits per heavy atom. The first-order valence-electron chi connectivity index (χ1n) is 2.78. The minimum Gasteiger partial charge on any atom is -0.402 e. The van der Waals surface area contributed by atoms with Gasteiger partial charge in [-0.1, -0.05) is 19.1 Å². The Bertz CT molecular complexity index is 108. The van der Waals surface area contributed by atoms with E-state index in [1.54, 1.807) is 0 Å². The lowest BCUT2D eigenvalue weighted by Crippen LogP contribution is -1.89. The van der Waals surface area contributed by atoms with Crippen LogP contribution in [-0.2, 0) is 0 Å². The molecule has 0 saturated heterocycles. The van der Waals surface area contributed by atoms with Crippen LogP contribution in [0.5, 0.6) is 0 Å². The Labute approximate surface area is 50.9 Å². The van der Waals surface area contributed by atoms with E-state index in [1.807, 2.05) is 13.0 Å². The van der Waals surface area contributed by atoms with Crippen molar-refractivity contribution in [3.05, 3.63) is 23.9 Å². The molecule has 0 rings (SSSR count). The van der Waals surface area contributed by atoms with Crippen LogP contribution in [0.15, 0.2) is 23.9 Å². The minimum atomic E-state index is 0.830. The maximum absolute atomic E-state index is 5.37. The monoisotopic (exact) mass is 111 g/mol. The summed E-state index contributed by atoms with van der Waals surface area (Å²) >= 11 is 0. The van der Waals surface area contributed by atoms with E-state index in [9.17, 15) is 0 Å². The quantitative estimate of drug-likeness (QED) is 0.540. The zero-order valence-electron chi connectivity index (χ0n) is 5.57. The van der Waals surface area contributed by atoms with Gasteiger partial charge in [-0.3, -0.25) is 0 Å². The van der Waals surface area contributed by atoms with Crippen molar-refractivity contribution in [1.29, 1.82) is 0 Å². The van der Waals surface area contributed by atoms with Crippen molar-refractivity contribution in [3.8, 4) is 0 Å². The summed E-state index contributed by atoms with van der Waals surface area (Å²) < 4.78 is 0. The van der Waals surface area contributed by atoms with Gasteiger partial charge in [-0.2, -0.15) is 0 Å². The van der Waals surface area contributed by atoms with Crippen LogP contribution < -0.4 is 5.73 Å². The molecule has 0 fully saturated rings. The van der Waals surface area contributed by atoms with E-state index in [0.717, 1.165) is 17.7 Å². The van der Waals surface area contributed by atoms with Crippen LogP contribution in [0.4, 0.5) is 0 Å². The summed E-state index contributed by atoms with van der Waals surface area (Å²) in [5.74, 6) is 0. The third-order valence-electron chi connectivity index (χ3n) is 0.886. The van der Waals surface area contributed by atoms with Crippen molar-refractivity contribution in [2.75, 3.05) is 0 Å². The smallest absolute Gasteiger partial charge is 0.00514 e. The molecule has 0 aromatic heterocycles. The summed E-state index contributed by atoms with van der Waals surface area (Å²) in [5, 5.41) is 0. The molecule has 0 aliphatic carbocycles. The Kier molecular flexibility index (Phi) is 3.01. The molecule has 0 spiro atoms. The number of allylic oxidation sites excluding steroid dienone is 3. The predicted molar refractivity (Wildman–Crippen MR) is 37.4 cm³/mol. The summed E-state index contributed by atoms with van der Waals surface area (Å²) in [6, 6.07) is 0. The van der Waals surface area contributed by atoms with E-state index in [0.29, 0.717) is 0 Å². The van der Waals surface area contributed by atoms with Crippen molar-refractivity contribution in [3.63, 3.8) is 0 Å². The van der Waals surface area contributed by atoms with E-state index in [4.69, 9.17) is 5.73 Å². The third-order valence-corrected chi connectivity index (χ3v) is 0.886. The summed E-state index contributed by atoms with van der Waals surface area (Å²) in [5.41, 5.74) is 7.29. The molecule has 0 aliphatic heterocycles. The molecule has 0 aromatic carbocycles. The van der Waals surface area contributed by atoms with Crippen molar-refractivity contribution in [2.24, 2.45) is 5.73 Å². The molecule has 46 valence electrons. The first-order chi connectivity index (χ1) is 3.66. The van der Waals surface area contributed by atoms with Crippen molar-refractivity contribution in [1.82, 2.24) is 0 Å². The molecule has 0 aromatic rings. The largest absolute Gasteiger partial charge is 0.402 e. The first kappa shape index (κ1) is 7.28. The zero-order chi connectivity index (χ0) is 6.57. The minimum absolute atomic E-state index is 0.830. The van der Waals surface area contributed by atoms with Gasteiger partial charge in [-0.15, -0.1) is 0 Å². The van der Waals surface area contributed by atoms with E-state index >= 15 is 0 Å². The second-order valence-corrected chi connectivity index (χ2v) is 1.90. The molecule has 0 radical (unpaired) electrons. The second-order valence-electron chi connectivity index (χ2n) is 1.90. The fraction of sp³-hybridized carbons (Fsp3) is 0.429. The summed E-state index contributed by atoms with van der Waals surface area (Å²) in [4.78, 5) is 0. The van der Waals surface area contributed by atoms with Crippen LogP contribution in [0.2, 0.25) is 0 Å². The topological polar surface area (TPSA) is 26.0 Å². The number of rotatable bonds is 2. The van der Waals surface area contributed by atoms with Gasteiger partial charge in [0.1, 0.15) is 0 Å². The highest BCUT2D eigenvalue weighted by Gasteiger charge is 1.81. The lowest BCUT2D eigenvalue weighted by atomic mass is 10.2. The van der Waals surface area contributed by atoms with E-state index in [-0.39, 0.29) is 0 Å². The van der Waals surface area contributed by atoms with Crippen molar-refractivity contribution in [2.45, 2.75) is 20.3 Å². The molecule has 0 bridgehead atoms. The molecular weight excluding hydrogens is 98.1 g/mol. The second kappa shape index (κ2) is 3.30. The number of hydrogen-bond donors (Lipinski definition) is 1. The fourth-order valence-electron chi connectivity index (χ4n) is 0.424. The Balaban J connectivity index is 3.70. The molecule has 2 N–H and O–H groups in total. The van der Waals surface area contributed by atoms with Crippen LogP contribution in [0.1, 0.15) is 20.3 Å². The Hall–Kier alpha value is -0.720. The van der Waals surface area contributed by atoms with Gasteiger partial charge >= 0.3 is 0 Å². The van der Waals surface area contributed by atoms with Gasteiger partial charge in [0.05, 0.1) is 0 Å². The molecular formula is C7H13N. The number of hydrogen-bond acceptors (Lipinski definition) is 1. The highest BCUT2D eigenvalue weighted by atomic mass is 14.5. The van der Waals surface area contributed by atoms with Gasteiger partial charge < -0.3 is 5.73 Å². The molecule has 0 heterocycles. The molecule has 8 heavy (non-hydrogen) atoms. The average molecular weight is 111 g/mol. The standard InChI is InChI=1S/C7H13N/c1-4-6(2)5-7(3)8/h5H,2,4,8H2,1,3H3/b7-5+. The highest BCUT2D eigenvalue weighted by molar-refractivity contribution is 5.16. The van der Waals surface area contributed by atoms with Gasteiger partial charge in [0, 0.05) is 5.70 Å². The van der Waals surface area contributed by atoms with E-state index in [2.05, 4.69) is 13.5 Å². The highest BCUT2D eigenvalue weighted by Crippen LogP contribution is 1.98. The van der Waals surface area contributed by atoms with Crippen LogP contribution in [0, 0.1) is 0 Å². The van der Waals surface area contributed by atoms with Gasteiger partial charge in [-0.25, -0.2) is 0 Å². The number of nitrogens with two attached hydrogens (primary N) is 1. The normalized spacial score (nSPS) is 11.5. The van der Waals surface area contributed by atoms with Crippen molar-refractivity contribution < 1.29 is 0 Å². The molecule has 0 unspecified atom stereocenters. The van der Waals surface area contributed by atoms with Gasteiger partial charge in [0.15, 0.2) is 0 Å². The fourth-order valence-corrected chi connectivity index (χ4v) is 0.424. The van der Waals surface area contributed by atoms with Crippen LogP contribution in [-0.4, -0.2) is 0 Å². The summed E-state index contributed by atoms with van der Waals surface area (Å²) in [6.45, 7) is 7.68. The van der Waals surface area contributed by atoms with Crippen LogP contribution in [0.3, 0.4) is 0 Å². The molecule has 0 saturated carbocycles. The third kappa shape index (κ3) is 3.47. The summed E-state index contributed by atoms with van der Waals surface area (Å²) in [6.07, 6.45) is 2.87. The van der Waals surface area contributed by atoms with E-state index in [1.165, 1.54) is 0 Å². The van der Waals surface area contributed by atoms with Gasteiger partial charge in [0.2, 0.25) is 0 Å². The van der Waals surface area contributed by atoms with E-state index < -0.39 is 0 Å². The van der Waals surface area contributed by atoms with Gasteiger partial charge in [-0.05, 0) is 19.4 Å². The van der Waals surface area contributed by atoms with Crippen molar-refractivity contribution >= 4 is 0 Å². The molecule has 0 amide bonds. The molecule has 1 heteroatoms. The molecule has 0 aliphatic rings.